The fraction of sp³-hybridized carbons (Fsp3) is 0.429. The molecular formula is C28H36N2O7. The molecule has 0 unspecified atom stereocenters. The van der Waals surface area contributed by atoms with Gasteiger partial charge in [0.2, 0.25) is 5.75 Å². The molecule has 9 heteroatoms. The summed E-state index contributed by atoms with van der Waals surface area (Å²) in [6.45, 7) is 7.05. The summed E-state index contributed by atoms with van der Waals surface area (Å²) in [5.74, 6) is -0.0207. The molecule has 1 fully saturated rings. The van der Waals surface area contributed by atoms with Gasteiger partial charge in [-0.1, -0.05) is 26.0 Å². The molecule has 1 saturated heterocycles. The van der Waals surface area contributed by atoms with Crippen molar-refractivity contribution in [3.8, 4) is 23.0 Å². The van der Waals surface area contributed by atoms with Gasteiger partial charge in [-0.3, -0.25) is 9.59 Å². The van der Waals surface area contributed by atoms with Crippen LogP contribution in [0, 0.1) is 0 Å². The van der Waals surface area contributed by atoms with E-state index in [0.29, 0.717) is 47.1 Å². The molecule has 0 aliphatic carbocycles. The maximum absolute atomic E-state index is 13.4. The zero-order valence-corrected chi connectivity index (χ0v) is 22.4. The van der Waals surface area contributed by atoms with Gasteiger partial charge in [0.15, 0.2) is 11.5 Å². The van der Waals surface area contributed by atoms with Crippen molar-refractivity contribution in [1.82, 2.24) is 9.80 Å². The van der Waals surface area contributed by atoms with Crippen LogP contribution in [0.1, 0.15) is 37.4 Å². The summed E-state index contributed by atoms with van der Waals surface area (Å²) in [4.78, 5) is 30.4. The SMILES string of the molecule is CCN(CC)CCCN1C(=O)C(=O)C(=C(O)c2cccc(OC)c2)[C@@H]1c1cc(OC)c(OC)c(OC)c1. The van der Waals surface area contributed by atoms with Crippen LogP contribution in [0.3, 0.4) is 0 Å². The van der Waals surface area contributed by atoms with E-state index in [1.54, 1.807) is 36.4 Å². The summed E-state index contributed by atoms with van der Waals surface area (Å²) in [6.07, 6.45) is 0.662. The van der Waals surface area contributed by atoms with Crippen molar-refractivity contribution in [3.63, 3.8) is 0 Å². The number of benzene rings is 2. The highest BCUT2D eigenvalue weighted by Gasteiger charge is 2.46. The number of methoxy groups -OCH3 is 4. The molecule has 0 radical (unpaired) electrons. The highest BCUT2D eigenvalue weighted by Crippen LogP contribution is 2.45. The van der Waals surface area contributed by atoms with Crippen LogP contribution in [-0.4, -0.2) is 81.2 Å². The average molecular weight is 513 g/mol. The molecule has 1 aliphatic rings. The topological polar surface area (TPSA) is 97.8 Å². The number of carbonyl (C=O) groups is 2. The van der Waals surface area contributed by atoms with Gasteiger partial charge in [0.05, 0.1) is 40.1 Å². The van der Waals surface area contributed by atoms with Gasteiger partial charge >= 0.3 is 0 Å². The maximum atomic E-state index is 13.4. The number of carbonyl (C=O) groups excluding carboxylic acids is 2. The minimum absolute atomic E-state index is 0.00429. The second kappa shape index (κ2) is 12.5. The predicted molar refractivity (Wildman–Crippen MR) is 141 cm³/mol. The Labute approximate surface area is 218 Å². The number of ketones is 1. The van der Waals surface area contributed by atoms with E-state index in [2.05, 4.69) is 18.7 Å². The summed E-state index contributed by atoms with van der Waals surface area (Å²) in [5, 5.41) is 11.4. The van der Waals surface area contributed by atoms with Crippen molar-refractivity contribution in [2.45, 2.75) is 26.3 Å². The Morgan fingerprint density at radius 2 is 1.59 bits per heavy atom. The second-order valence-corrected chi connectivity index (χ2v) is 8.56. The maximum Gasteiger partial charge on any atom is 0.295 e. The third-order valence-corrected chi connectivity index (χ3v) is 6.65. The quantitative estimate of drug-likeness (QED) is 0.260. The van der Waals surface area contributed by atoms with Gasteiger partial charge in [-0.15, -0.1) is 0 Å². The number of Topliss-reactive ketones (excluding diaryl/α,β-unsaturated/α-hetero) is 1. The largest absolute Gasteiger partial charge is 0.507 e. The van der Waals surface area contributed by atoms with Crippen LogP contribution in [0.2, 0.25) is 0 Å². The van der Waals surface area contributed by atoms with E-state index >= 15 is 0 Å². The number of ether oxygens (including phenoxy) is 4. The van der Waals surface area contributed by atoms with E-state index in [4.69, 9.17) is 18.9 Å². The van der Waals surface area contributed by atoms with Gasteiger partial charge in [0.25, 0.3) is 11.7 Å². The second-order valence-electron chi connectivity index (χ2n) is 8.56. The zero-order valence-electron chi connectivity index (χ0n) is 22.4. The summed E-state index contributed by atoms with van der Waals surface area (Å²) in [7, 11) is 6.02. The zero-order chi connectivity index (χ0) is 27.1. The number of hydrogen-bond donors (Lipinski definition) is 1. The molecule has 0 saturated carbocycles. The van der Waals surface area contributed by atoms with Crippen molar-refractivity contribution in [1.29, 1.82) is 0 Å². The van der Waals surface area contributed by atoms with Crippen LogP contribution in [0.5, 0.6) is 23.0 Å². The molecule has 2 aromatic rings. The number of rotatable bonds is 12. The van der Waals surface area contributed by atoms with Crippen molar-refractivity contribution in [3.05, 3.63) is 53.1 Å². The van der Waals surface area contributed by atoms with E-state index in [-0.39, 0.29) is 11.3 Å². The average Bonchev–Trinajstić information content (AvgIpc) is 3.18. The summed E-state index contributed by atoms with van der Waals surface area (Å²) in [6, 6.07) is 9.29. The Bertz CT molecular complexity index is 1130. The lowest BCUT2D eigenvalue weighted by Crippen LogP contribution is -2.33. The van der Waals surface area contributed by atoms with Crippen LogP contribution in [0.25, 0.3) is 5.76 Å². The van der Waals surface area contributed by atoms with Crippen molar-refractivity contribution in [2.75, 3.05) is 54.6 Å². The Morgan fingerprint density at radius 3 is 2.14 bits per heavy atom. The van der Waals surface area contributed by atoms with Crippen LogP contribution in [0.15, 0.2) is 42.0 Å². The molecule has 0 spiro atoms. The fourth-order valence-corrected chi connectivity index (χ4v) is 4.65. The van der Waals surface area contributed by atoms with Gasteiger partial charge in [-0.25, -0.2) is 0 Å². The molecule has 3 rings (SSSR count). The Morgan fingerprint density at radius 1 is 0.946 bits per heavy atom. The fourth-order valence-electron chi connectivity index (χ4n) is 4.65. The summed E-state index contributed by atoms with van der Waals surface area (Å²) >= 11 is 0. The first kappa shape index (κ1) is 27.9. The molecule has 1 atom stereocenters. The van der Waals surface area contributed by atoms with Gasteiger partial charge in [-0.05, 0) is 55.9 Å². The summed E-state index contributed by atoms with van der Waals surface area (Å²) < 4.78 is 21.8. The van der Waals surface area contributed by atoms with Crippen LogP contribution in [-0.2, 0) is 9.59 Å². The third-order valence-electron chi connectivity index (χ3n) is 6.65. The van der Waals surface area contributed by atoms with Crippen molar-refractivity contribution >= 4 is 17.4 Å². The number of aliphatic hydroxyl groups excluding tert-OH is 1. The van der Waals surface area contributed by atoms with Gasteiger partial charge in [0, 0.05) is 12.1 Å². The van der Waals surface area contributed by atoms with Crippen molar-refractivity contribution < 1.29 is 33.6 Å². The smallest absolute Gasteiger partial charge is 0.295 e. The number of nitrogens with zero attached hydrogens (tertiary/aromatic N) is 2. The molecule has 37 heavy (non-hydrogen) atoms. The number of aliphatic hydroxyl groups is 1. The van der Waals surface area contributed by atoms with E-state index in [1.165, 1.54) is 33.3 Å². The van der Waals surface area contributed by atoms with Gasteiger partial charge in [-0.2, -0.15) is 0 Å². The first-order chi connectivity index (χ1) is 17.8. The van der Waals surface area contributed by atoms with E-state index in [9.17, 15) is 14.7 Å². The molecular weight excluding hydrogens is 476 g/mol. The van der Waals surface area contributed by atoms with Crippen LogP contribution < -0.4 is 18.9 Å². The van der Waals surface area contributed by atoms with Gasteiger partial charge in [0.1, 0.15) is 11.5 Å². The standard InChI is InChI=1S/C28H36N2O7/c1-7-29(8-2)13-10-14-30-24(19-16-21(35-4)27(37-6)22(17-19)36-5)23(26(32)28(30)33)25(31)18-11-9-12-20(15-18)34-3/h9,11-12,15-17,24,31H,7-8,10,13-14H2,1-6H3/t24-/m0/s1. The Hall–Kier alpha value is -3.72. The molecule has 1 N–H and O–H groups in total. The van der Waals surface area contributed by atoms with Gasteiger partial charge < -0.3 is 33.9 Å². The molecule has 200 valence electrons. The molecule has 1 aliphatic heterocycles. The lowest BCUT2D eigenvalue weighted by molar-refractivity contribution is -0.140. The molecule has 1 amide bonds. The lowest BCUT2D eigenvalue weighted by Gasteiger charge is -2.27. The lowest BCUT2D eigenvalue weighted by atomic mass is 9.94. The van der Waals surface area contributed by atoms with Crippen LogP contribution >= 0.6 is 0 Å². The van der Waals surface area contributed by atoms with Crippen molar-refractivity contribution in [2.24, 2.45) is 0 Å². The highest BCUT2D eigenvalue weighted by atomic mass is 16.5. The summed E-state index contributed by atoms with van der Waals surface area (Å²) in [5.41, 5.74) is 0.925. The normalized spacial score (nSPS) is 16.8. The highest BCUT2D eigenvalue weighted by molar-refractivity contribution is 6.46. The third kappa shape index (κ3) is 5.67. The van der Waals surface area contributed by atoms with E-state index in [0.717, 1.165) is 19.6 Å². The Balaban J connectivity index is 2.18. The van der Waals surface area contributed by atoms with E-state index in [1.807, 2.05) is 0 Å². The first-order valence-corrected chi connectivity index (χ1v) is 12.3. The molecule has 1 heterocycles. The minimum atomic E-state index is -0.850. The van der Waals surface area contributed by atoms with Crippen LogP contribution in [0.4, 0.5) is 0 Å². The first-order valence-electron chi connectivity index (χ1n) is 12.3. The molecule has 0 aromatic heterocycles. The molecule has 9 nitrogen and oxygen atoms in total. The predicted octanol–water partition coefficient (Wildman–Crippen LogP) is 3.87. The van der Waals surface area contributed by atoms with E-state index < -0.39 is 17.7 Å². The molecule has 2 aromatic carbocycles. The monoisotopic (exact) mass is 512 g/mol. The molecule has 0 bridgehead atoms. The number of likely N-dealkylation sites (tertiary alicyclic amines) is 1. The number of hydrogen-bond acceptors (Lipinski definition) is 8. The number of amides is 1. The minimum Gasteiger partial charge on any atom is -0.507 e. The Kier molecular flexibility index (Phi) is 9.41.